The number of imide groups is 1. The third-order valence-corrected chi connectivity index (χ3v) is 6.67. The number of allylic oxidation sites excluding steroid dienone is 2. The predicted molar refractivity (Wildman–Crippen MR) is 131 cm³/mol. The lowest BCUT2D eigenvalue weighted by molar-refractivity contribution is -0.145. The van der Waals surface area contributed by atoms with Crippen molar-refractivity contribution in [3.05, 3.63) is 36.0 Å². The highest BCUT2D eigenvalue weighted by molar-refractivity contribution is 5.97. The van der Waals surface area contributed by atoms with Crippen molar-refractivity contribution < 1.29 is 33.8 Å². The number of carbonyl (C=O) groups excluding carboxylic acids is 4. The van der Waals surface area contributed by atoms with Crippen LogP contribution >= 0.6 is 0 Å². The Labute approximate surface area is 207 Å². The first kappa shape index (κ1) is 28.7. The van der Waals surface area contributed by atoms with Crippen molar-refractivity contribution in [1.82, 2.24) is 5.32 Å². The lowest BCUT2D eigenvalue weighted by Crippen LogP contribution is -2.38. The molecule has 0 saturated carbocycles. The molecule has 0 spiro atoms. The lowest BCUT2D eigenvalue weighted by atomic mass is 9.86. The maximum absolute atomic E-state index is 13.0. The molecule has 0 bridgehead atoms. The van der Waals surface area contributed by atoms with E-state index >= 15 is 0 Å². The van der Waals surface area contributed by atoms with E-state index in [2.05, 4.69) is 5.32 Å². The van der Waals surface area contributed by atoms with Crippen LogP contribution in [0.15, 0.2) is 36.0 Å². The summed E-state index contributed by atoms with van der Waals surface area (Å²) in [5.41, 5.74) is 0.685. The molecule has 8 nitrogen and oxygen atoms in total. The van der Waals surface area contributed by atoms with Crippen LogP contribution in [0.4, 0.5) is 0 Å². The molecule has 2 heterocycles. The Kier molecular flexibility index (Phi) is 11.5. The van der Waals surface area contributed by atoms with E-state index in [1.165, 1.54) is 6.08 Å². The second-order valence-corrected chi connectivity index (χ2v) is 9.62. The molecular weight excluding hydrogens is 450 g/mol. The molecule has 35 heavy (non-hydrogen) atoms. The van der Waals surface area contributed by atoms with Gasteiger partial charge in [-0.15, -0.1) is 0 Å². The quantitative estimate of drug-likeness (QED) is 0.320. The number of amides is 2. The number of aliphatic hydroxyl groups is 1. The summed E-state index contributed by atoms with van der Waals surface area (Å²) in [5.74, 6) is -2.06. The second kappa shape index (κ2) is 14.1. The molecule has 0 aromatic rings. The summed E-state index contributed by atoms with van der Waals surface area (Å²) in [7, 11) is 1.55. The Balaban J connectivity index is 2.11. The van der Waals surface area contributed by atoms with Crippen LogP contribution in [0, 0.1) is 17.8 Å². The van der Waals surface area contributed by atoms with E-state index in [4.69, 9.17) is 9.47 Å². The molecule has 0 aromatic heterocycles. The summed E-state index contributed by atoms with van der Waals surface area (Å²) in [6.45, 7) is 5.39. The molecule has 1 saturated heterocycles. The molecule has 0 radical (unpaired) electrons. The largest absolute Gasteiger partial charge is 0.454 e. The number of aliphatic hydroxyl groups excluding tert-OH is 1. The molecule has 8 heteroatoms. The minimum atomic E-state index is -0.803. The van der Waals surface area contributed by atoms with Gasteiger partial charge in [-0.2, -0.15) is 0 Å². The van der Waals surface area contributed by atoms with Crippen LogP contribution in [-0.2, 0) is 28.7 Å². The van der Waals surface area contributed by atoms with Crippen molar-refractivity contribution in [2.45, 2.75) is 84.0 Å². The van der Waals surface area contributed by atoms with Crippen LogP contribution in [0.2, 0.25) is 0 Å². The number of piperidine rings is 1. The predicted octanol–water partition coefficient (Wildman–Crippen LogP) is 3.19. The monoisotopic (exact) mass is 489 g/mol. The smallest absolute Gasteiger partial charge is 0.331 e. The third-order valence-electron chi connectivity index (χ3n) is 6.67. The molecule has 2 aliphatic heterocycles. The van der Waals surface area contributed by atoms with E-state index in [0.717, 1.165) is 0 Å². The number of ketones is 1. The number of methoxy groups -OCH3 is 1. The first-order valence-electron chi connectivity index (χ1n) is 12.4. The highest BCUT2D eigenvalue weighted by Crippen LogP contribution is 2.25. The van der Waals surface area contributed by atoms with Crippen molar-refractivity contribution in [2.75, 3.05) is 7.11 Å². The summed E-state index contributed by atoms with van der Waals surface area (Å²) in [5, 5.41) is 13.1. The Bertz CT molecular complexity index is 844. The van der Waals surface area contributed by atoms with Gasteiger partial charge in [0.05, 0.1) is 12.0 Å². The van der Waals surface area contributed by atoms with Crippen LogP contribution < -0.4 is 5.32 Å². The fourth-order valence-electron chi connectivity index (χ4n) is 4.61. The van der Waals surface area contributed by atoms with Crippen LogP contribution in [0.3, 0.4) is 0 Å². The first-order chi connectivity index (χ1) is 16.6. The summed E-state index contributed by atoms with van der Waals surface area (Å²) in [6.07, 6.45) is 9.96. The van der Waals surface area contributed by atoms with Gasteiger partial charge in [0.1, 0.15) is 18.0 Å². The standard InChI is InChI=1S/C27H39NO7/c1-17-14-18(2)27(35-25(32)13-8-6-5-7-12-22(34-4)26(17)33)19(3)21(29)11-9-10-20-15-23(30)28-24(31)16-20/h7-8,12-14,17,19-20,22,26-27,33H,5-6,9-11,15-16H2,1-4H3,(H,28,30,31)/b12-7+,13-8+,18-14-/t17-,19-,22+,26+,27-/m1/s1. The average Bonchev–Trinajstić information content (AvgIpc) is 2.79. The molecule has 194 valence electrons. The maximum atomic E-state index is 13.0. The van der Waals surface area contributed by atoms with E-state index in [0.29, 0.717) is 44.1 Å². The minimum absolute atomic E-state index is 0.0524. The number of rotatable bonds is 7. The maximum Gasteiger partial charge on any atom is 0.331 e. The molecule has 1 fully saturated rings. The van der Waals surface area contributed by atoms with E-state index in [9.17, 15) is 24.3 Å². The highest BCUT2D eigenvalue weighted by atomic mass is 16.5. The number of hydrogen-bond donors (Lipinski definition) is 2. The average molecular weight is 490 g/mol. The highest BCUT2D eigenvalue weighted by Gasteiger charge is 2.31. The minimum Gasteiger partial charge on any atom is -0.454 e. The van der Waals surface area contributed by atoms with Gasteiger partial charge in [0, 0.05) is 38.4 Å². The first-order valence-corrected chi connectivity index (χ1v) is 12.4. The number of hydrogen-bond acceptors (Lipinski definition) is 7. The van der Waals surface area contributed by atoms with Gasteiger partial charge in [0.2, 0.25) is 11.8 Å². The van der Waals surface area contributed by atoms with Gasteiger partial charge in [0.15, 0.2) is 0 Å². The SMILES string of the molecule is CO[C@H]1/C=C/CC/C=C/C(=O)O[C@@H]([C@H](C)C(=O)CCCC2CC(=O)NC(=O)C2)/C(C)=C\[C@@H](C)[C@@H]1O. The summed E-state index contributed by atoms with van der Waals surface area (Å²) in [4.78, 5) is 48.6. The van der Waals surface area contributed by atoms with Crippen LogP contribution in [0.1, 0.15) is 65.7 Å². The second-order valence-electron chi connectivity index (χ2n) is 9.62. The van der Waals surface area contributed by atoms with Crippen molar-refractivity contribution in [3.8, 4) is 0 Å². The van der Waals surface area contributed by atoms with Gasteiger partial charge in [-0.05, 0) is 44.1 Å². The molecule has 5 atom stereocenters. The number of cyclic esters (lactones) is 1. The van der Waals surface area contributed by atoms with Crippen LogP contribution in [0.25, 0.3) is 0 Å². The molecular formula is C27H39NO7. The van der Waals surface area contributed by atoms with E-state index in [-0.39, 0.29) is 35.9 Å². The van der Waals surface area contributed by atoms with Gasteiger partial charge >= 0.3 is 5.97 Å². The van der Waals surface area contributed by atoms with Crippen LogP contribution in [0.5, 0.6) is 0 Å². The summed E-state index contributed by atoms with van der Waals surface area (Å²) >= 11 is 0. The topological polar surface area (TPSA) is 119 Å². The molecule has 2 rings (SSSR count). The van der Waals surface area contributed by atoms with Gasteiger partial charge < -0.3 is 14.6 Å². The van der Waals surface area contributed by atoms with Crippen molar-refractivity contribution in [3.63, 3.8) is 0 Å². The van der Waals surface area contributed by atoms with E-state index in [1.807, 2.05) is 25.2 Å². The zero-order valence-corrected chi connectivity index (χ0v) is 21.2. The number of esters is 1. The molecule has 2 N–H and O–H groups in total. The Morgan fingerprint density at radius 2 is 1.86 bits per heavy atom. The van der Waals surface area contributed by atoms with Crippen molar-refractivity contribution >= 4 is 23.6 Å². The molecule has 0 unspecified atom stereocenters. The Morgan fingerprint density at radius 3 is 2.51 bits per heavy atom. The molecule has 0 aromatic carbocycles. The Hall–Kier alpha value is -2.58. The van der Waals surface area contributed by atoms with Gasteiger partial charge in [-0.1, -0.05) is 38.2 Å². The lowest BCUT2D eigenvalue weighted by Gasteiger charge is -2.27. The number of Topliss-reactive ketones (excluding diaryl/α,β-unsaturated/α-hetero) is 1. The third kappa shape index (κ3) is 9.18. The fourth-order valence-corrected chi connectivity index (χ4v) is 4.61. The summed E-state index contributed by atoms with van der Waals surface area (Å²) < 4.78 is 11.1. The van der Waals surface area contributed by atoms with Gasteiger partial charge in [-0.25, -0.2) is 4.79 Å². The van der Waals surface area contributed by atoms with Crippen LogP contribution in [-0.4, -0.2) is 54.1 Å². The van der Waals surface area contributed by atoms with Gasteiger partial charge in [-0.3, -0.25) is 19.7 Å². The molecule has 2 aliphatic rings. The number of nitrogens with one attached hydrogen (secondary N) is 1. The normalized spacial score (nSPS) is 31.3. The summed E-state index contributed by atoms with van der Waals surface area (Å²) in [6, 6.07) is 0. The van der Waals surface area contributed by atoms with Gasteiger partial charge in [0.25, 0.3) is 0 Å². The molecule has 0 aliphatic carbocycles. The zero-order valence-electron chi connectivity index (χ0n) is 21.2. The van der Waals surface area contributed by atoms with Crippen molar-refractivity contribution in [1.29, 1.82) is 0 Å². The van der Waals surface area contributed by atoms with E-state index < -0.39 is 30.2 Å². The zero-order chi connectivity index (χ0) is 26.0. The Morgan fingerprint density at radius 1 is 1.20 bits per heavy atom. The molecule has 2 amide bonds. The fraction of sp³-hybridized carbons (Fsp3) is 0.630. The van der Waals surface area contributed by atoms with E-state index in [1.54, 1.807) is 27.0 Å². The van der Waals surface area contributed by atoms with Crippen molar-refractivity contribution in [2.24, 2.45) is 17.8 Å². The number of carbonyl (C=O) groups is 4. The number of ether oxygens (including phenoxy) is 2.